The summed E-state index contributed by atoms with van der Waals surface area (Å²) in [5.41, 5.74) is 8.97. The lowest BCUT2D eigenvalue weighted by molar-refractivity contribution is 0.0957. The van der Waals surface area contributed by atoms with Gasteiger partial charge in [0, 0.05) is 18.2 Å². The van der Waals surface area contributed by atoms with Crippen LogP contribution in [0.1, 0.15) is 28.6 Å². The van der Waals surface area contributed by atoms with Gasteiger partial charge in [-0.05, 0) is 37.3 Å². The minimum Gasteiger partial charge on any atom is -0.351 e. The molecule has 1 amide bonds. The second-order valence-corrected chi connectivity index (χ2v) is 5.97. The maximum Gasteiger partial charge on any atom is 0.261 e. The Morgan fingerprint density at radius 1 is 1.30 bits per heavy atom. The fraction of sp³-hybridized carbons (Fsp3) is 0.312. The maximum atomic E-state index is 12.2. The molecule has 1 atom stereocenters. The summed E-state index contributed by atoms with van der Waals surface area (Å²) in [6.07, 6.45) is 0.789. The summed E-state index contributed by atoms with van der Waals surface area (Å²) in [7, 11) is 0. The van der Waals surface area contributed by atoms with E-state index in [0.29, 0.717) is 6.54 Å². The van der Waals surface area contributed by atoms with Gasteiger partial charge in [-0.25, -0.2) is 0 Å². The number of thiophene rings is 1. The molecule has 3 nitrogen and oxygen atoms in total. The molecule has 0 aliphatic carbocycles. The van der Waals surface area contributed by atoms with Crippen LogP contribution in [0, 0.1) is 6.92 Å². The summed E-state index contributed by atoms with van der Waals surface area (Å²) in [5, 5.41) is 4.88. The SMILES string of the molecule is Cc1ccc(-c2ccsc2C(=O)NCCC(C)N)cc1. The Morgan fingerprint density at radius 3 is 2.65 bits per heavy atom. The predicted molar refractivity (Wildman–Crippen MR) is 85.1 cm³/mol. The van der Waals surface area contributed by atoms with E-state index in [1.807, 2.05) is 18.4 Å². The van der Waals surface area contributed by atoms with Crippen LogP contribution in [0.25, 0.3) is 11.1 Å². The summed E-state index contributed by atoms with van der Waals surface area (Å²) in [5.74, 6) is -0.0174. The minimum absolute atomic E-state index is 0.0174. The molecule has 0 fully saturated rings. The van der Waals surface area contributed by atoms with E-state index in [2.05, 4.69) is 36.5 Å². The molecular weight excluding hydrogens is 268 g/mol. The van der Waals surface area contributed by atoms with E-state index in [9.17, 15) is 4.79 Å². The van der Waals surface area contributed by atoms with E-state index >= 15 is 0 Å². The van der Waals surface area contributed by atoms with Crippen molar-refractivity contribution in [2.75, 3.05) is 6.54 Å². The zero-order valence-corrected chi connectivity index (χ0v) is 12.7. The van der Waals surface area contributed by atoms with Crippen LogP contribution in [0.5, 0.6) is 0 Å². The molecule has 0 spiro atoms. The number of nitrogens with two attached hydrogens (primary N) is 1. The van der Waals surface area contributed by atoms with Crippen molar-refractivity contribution >= 4 is 17.2 Å². The maximum absolute atomic E-state index is 12.2. The predicted octanol–water partition coefficient (Wildman–Crippen LogP) is 3.19. The molecule has 1 aromatic heterocycles. The van der Waals surface area contributed by atoms with Crippen molar-refractivity contribution in [1.82, 2.24) is 5.32 Å². The Balaban J connectivity index is 2.12. The molecular formula is C16H20N2OS. The summed E-state index contributed by atoms with van der Waals surface area (Å²) in [6.45, 7) is 4.61. The fourth-order valence-electron chi connectivity index (χ4n) is 1.94. The van der Waals surface area contributed by atoms with Crippen molar-refractivity contribution in [3.63, 3.8) is 0 Å². The Labute approximate surface area is 123 Å². The standard InChI is InChI=1S/C16H20N2OS/c1-11-3-5-13(6-4-11)14-8-10-20-15(14)16(19)18-9-7-12(2)17/h3-6,8,10,12H,7,9,17H2,1-2H3,(H,18,19). The van der Waals surface area contributed by atoms with Crippen molar-refractivity contribution in [2.24, 2.45) is 5.73 Å². The van der Waals surface area contributed by atoms with Gasteiger partial charge >= 0.3 is 0 Å². The smallest absolute Gasteiger partial charge is 0.261 e. The largest absolute Gasteiger partial charge is 0.351 e. The normalized spacial score (nSPS) is 12.2. The highest BCUT2D eigenvalue weighted by Crippen LogP contribution is 2.28. The highest BCUT2D eigenvalue weighted by Gasteiger charge is 2.14. The first kappa shape index (κ1) is 14.8. The molecule has 0 saturated heterocycles. The number of carbonyl (C=O) groups excluding carboxylic acids is 1. The average molecular weight is 288 g/mol. The first-order valence-corrected chi connectivity index (χ1v) is 7.64. The van der Waals surface area contributed by atoms with Gasteiger partial charge in [0.15, 0.2) is 0 Å². The molecule has 4 heteroatoms. The lowest BCUT2D eigenvalue weighted by Crippen LogP contribution is -2.28. The average Bonchev–Trinajstić information content (AvgIpc) is 2.88. The van der Waals surface area contributed by atoms with Gasteiger partial charge in [0.1, 0.15) is 0 Å². The van der Waals surface area contributed by atoms with Crippen LogP contribution in [0.3, 0.4) is 0 Å². The third-order valence-electron chi connectivity index (χ3n) is 3.12. The topological polar surface area (TPSA) is 55.1 Å². The number of aryl methyl sites for hydroxylation is 1. The number of hydrogen-bond donors (Lipinski definition) is 2. The minimum atomic E-state index is -0.0174. The number of hydrogen-bond acceptors (Lipinski definition) is 3. The summed E-state index contributed by atoms with van der Waals surface area (Å²) in [6, 6.07) is 10.3. The van der Waals surface area contributed by atoms with Gasteiger partial charge in [0.2, 0.25) is 0 Å². The third kappa shape index (κ3) is 3.68. The molecule has 0 bridgehead atoms. The van der Waals surface area contributed by atoms with Crippen LogP contribution < -0.4 is 11.1 Å². The Bertz CT molecular complexity index is 572. The van der Waals surface area contributed by atoms with Crippen LogP contribution in [-0.2, 0) is 0 Å². The highest BCUT2D eigenvalue weighted by atomic mass is 32.1. The van der Waals surface area contributed by atoms with Crippen LogP contribution in [0.15, 0.2) is 35.7 Å². The first-order valence-electron chi connectivity index (χ1n) is 6.76. The van der Waals surface area contributed by atoms with Gasteiger partial charge in [-0.2, -0.15) is 0 Å². The highest BCUT2D eigenvalue weighted by molar-refractivity contribution is 7.12. The number of nitrogens with one attached hydrogen (secondary N) is 1. The summed E-state index contributed by atoms with van der Waals surface area (Å²) < 4.78 is 0. The van der Waals surface area contributed by atoms with Gasteiger partial charge in [-0.3, -0.25) is 4.79 Å². The van der Waals surface area contributed by atoms with Crippen LogP contribution in [-0.4, -0.2) is 18.5 Å². The quantitative estimate of drug-likeness (QED) is 0.887. The van der Waals surface area contributed by atoms with E-state index in [0.717, 1.165) is 22.4 Å². The second kappa shape index (κ2) is 6.68. The van der Waals surface area contributed by atoms with Crippen molar-refractivity contribution in [1.29, 1.82) is 0 Å². The number of rotatable bonds is 5. The molecule has 2 aromatic rings. The lowest BCUT2D eigenvalue weighted by Gasteiger charge is -2.08. The van der Waals surface area contributed by atoms with Gasteiger partial charge in [0.25, 0.3) is 5.91 Å². The fourth-order valence-corrected chi connectivity index (χ4v) is 2.77. The number of carbonyl (C=O) groups is 1. The molecule has 3 N–H and O–H groups in total. The molecule has 1 heterocycles. The zero-order valence-electron chi connectivity index (χ0n) is 11.8. The molecule has 0 aliphatic rings. The van der Waals surface area contributed by atoms with Crippen molar-refractivity contribution < 1.29 is 4.79 Å². The lowest BCUT2D eigenvalue weighted by atomic mass is 10.0. The first-order chi connectivity index (χ1) is 9.58. The molecule has 1 unspecified atom stereocenters. The van der Waals surface area contributed by atoms with Crippen molar-refractivity contribution in [3.8, 4) is 11.1 Å². The van der Waals surface area contributed by atoms with Crippen LogP contribution in [0.2, 0.25) is 0 Å². The van der Waals surface area contributed by atoms with Gasteiger partial charge in [0.05, 0.1) is 4.88 Å². The molecule has 0 radical (unpaired) electrons. The van der Waals surface area contributed by atoms with Gasteiger partial charge in [-0.15, -0.1) is 11.3 Å². The molecule has 2 rings (SSSR count). The monoisotopic (exact) mass is 288 g/mol. The van der Waals surface area contributed by atoms with Crippen molar-refractivity contribution in [2.45, 2.75) is 26.3 Å². The molecule has 106 valence electrons. The third-order valence-corrected chi connectivity index (χ3v) is 4.03. The van der Waals surface area contributed by atoms with Gasteiger partial charge < -0.3 is 11.1 Å². The number of amides is 1. The number of benzene rings is 1. The van der Waals surface area contributed by atoms with E-state index in [4.69, 9.17) is 5.73 Å². The molecule has 0 saturated carbocycles. The van der Waals surface area contributed by atoms with E-state index in [1.54, 1.807) is 0 Å². The summed E-state index contributed by atoms with van der Waals surface area (Å²) >= 11 is 1.47. The van der Waals surface area contributed by atoms with Crippen LogP contribution in [0.4, 0.5) is 0 Å². The molecule has 20 heavy (non-hydrogen) atoms. The van der Waals surface area contributed by atoms with E-state index in [1.165, 1.54) is 16.9 Å². The Hall–Kier alpha value is -1.65. The second-order valence-electron chi connectivity index (χ2n) is 5.05. The molecule has 0 aliphatic heterocycles. The molecule has 1 aromatic carbocycles. The van der Waals surface area contributed by atoms with E-state index < -0.39 is 0 Å². The van der Waals surface area contributed by atoms with Gasteiger partial charge in [-0.1, -0.05) is 29.8 Å². The van der Waals surface area contributed by atoms with Crippen LogP contribution >= 0.6 is 11.3 Å². The Morgan fingerprint density at radius 2 is 2.00 bits per heavy atom. The van der Waals surface area contributed by atoms with E-state index in [-0.39, 0.29) is 11.9 Å². The zero-order chi connectivity index (χ0) is 14.5. The van der Waals surface area contributed by atoms with Crippen molar-refractivity contribution in [3.05, 3.63) is 46.2 Å². The Kier molecular flexibility index (Phi) is 4.93. The summed E-state index contributed by atoms with van der Waals surface area (Å²) in [4.78, 5) is 13.0.